The van der Waals surface area contributed by atoms with E-state index in [1.807, 2.05) is 18.2 Å². The summed E-state index contributed by atoms with van der Waals surface area (Å²) in [7, 11) is 0. The van der Waals surface area contributed by atoms with Crippen molar-refractivity contribution in [2.24, 2.45) is 5.16 Å². The quantitative estimate of drug-likeness (QED) is 0.416. The van der Waals surface area contributed by atoms with Crippen LogP contribution in [-0.2, 0) is 11.4 Å². The summed E-state index contributed by atoms with van der Waals surface area (Å²) in [4.78, 5) is 5.13. The van der Waals surface area contributed by atoms with Gasteiger partial charge in [-0.25, -0.2) is 0 Å². The summed E-state index contributed by atoms with van der Waals surface area (Å²) in [5.41, 5.74) is 1.61. The molecule has 0 saturated carbocycles. The van der Waals surface area contributed by atoms with Gasteiger partial charge in [-0.1, -0.05) is 30.6 Å². The van der Waals surface area contributed by atoms with E-state index in [0.717, 1.165) is 24.8 Å². The molecule has 0 amide bonds. The summed E-state index contributed by atoms with van der Waals surface area (Å²) < 4.78 is 0. The van der Waals surface area contributed by atoms with Crippen LogP contribution in [0.15, 0.2) is 29.4 Å². The lowest BCUT2D eigenvalue weighted by molar-refractivity contribution is 0.131. The number of nitrogens with zero attached hydrogens (tertiary/aromatic N) is 2. The molecule has 3 nitrogen and oxygen atoms in total. The Morgan fingerprint density at radius 2 is 2.38 bits per heavy atom. The van der Waals surface area contributed by atoms with Crippen molar-refractivity contribution < 1.29 is 4.84 Å². The number of unbranched alkanes of at least 4 members (excludes halogenated alkanes) is 2. The molecule has 0 unspecified atom stereocenters. The number of rotatable bonds is 6. The van der Waals surface area contributed by atoms with Crippen LogP contribution in [-0.4, -0.2) is 6.21 Å². The predicted molar refractivity (Wildman–Crippen MR) is 64.0 cm³/mol. The first kappa shape index (κ1) is 12.3. The maximum atomic E-state index is 8.71. The van der Waals surface area contributed by atoms with Gasteiger partial charge in [0.15, 0.2) is 0 Å². The standard InChI is InChI=1S/C13H16N2O/c1-2-3-4-8-15-16-11-13-7-5-6-12(9-13)10-14/h5-9H,2-4,11H2,1H3. The average Bonchev–Trinajstić information content (AvgIpc) is 2.34. The molecule has 1 aromatic carbocycles. The lowest BCUT2D eigenvalue weighted by atomic mass is 10.1. The Morgan fingerprint density at radius 3 is 3.12 bits per heavy atom. The van der Waals surface area contributed by atoms with Gasteiger partial charge >= 0.3 is 0 Å². The third-order valence-corrected chi connectivity index (χ3v) is 2.12. The van der Waals surface area contributed by atoms with Crippen LogP contribution in [0.25, 0.3) is 0 Å². The molecular formula is C13H16N2O. The summed E-state index contributed by atoms with van der Waals surface area (Å²) in [6.07, 6.45) is 5.04. The minimum absolute atomic E-state index is 0.415. The van der Waals surface area contributed by atoms with Crippen molar-refractivity contribution in [3.8, 4) is 6.07 Å². The SMILES string of the molecule is CCCCC=NOCc1cccc(C#N)c1. The highest BCUT2D eigenvalue weighted by molar-refractivity contribution is 5.56. The van der Waals surface area contributed by atoms with Crippen LogP contribution in [0.3, 0.4) is 0 Å². The highest BCUT2D eigenvalue weighted by Gasteiger charge is 1.94. The van der Waals surface area contributed by atoms with Gasteiger partial charge in [0.1, 0.15) is 6.61 Å². The van der Waals surface area contributed by atoms with E-state index in [1.165, 1.54) is 0 Å². The van der Waals surface area contributed by atoms with Gasteiger partial charge in [0.2, 0.25) is 0 Å². The van der Waals surface area contributed by atoms with Gasteiger partial charge in [0, 0.05) is 6.21 Å². The van der Waals surface area contributed by atoms with Crippen LogP contribution < -0.4 is 0 Å². The molecule has 0 spiro atoms. The molecule has 0 fully saturated rings. The van der Waals surface area contributed by atoms with Crippen molar-refractivity contribution in [1.82, 2.24) is 0 Å². The molecule has 3 heteroatoms. The zero-order chi connectivity index (χ0) is 11.6. The Morgan fingerprint density at radius 1 is 1.50 bits per heavy atom. The zero-order valence-corrected chi connectivity index (χ0v) is 9.52. The normalized spacial score (nSPS) is 10.2. The summed E-state index contributed by atoms with van der Waals surface area (Å²) in [6.45, 7) is 2.56. The topological polar surface area (TPSA) is 45.4 Å². The molecule has 0 aliphatic rings. The maximum absolute atomic E-state index is 8.71. The van der Waals surface area contributed by atoms with Crippen LogP contribution in [0.2, 0.25) is 0 Å². The van der Waals surface area contributed by atoms with Gasteiger partial charge in [-0.2, -0.15) is 5.26 Å². The number of nitriles is 1. The van der Waals surface area contributed by atoms with E-state index >= 15 is 0 Å². The Labute approximate surface area is 96.3 Å². The third-order valence-electron chi connectivity index (χ3n) is 2.12. The number of oxime groups is 1. The molecule has 0 aliphatic heterocycles. The predicted octanol–water partition coefficient (Wildman–Crippen LogP) is 3.25. The lowest BCUT2D eigenvalue weighted by Gasteiger charge is -1.99. The number of hydrogen-bond acceptors (Lipinski definition) is 3. The summed E-state index contributed by atoms with van der Waals surface area (Å²) in [6, 6.07) is 9.43. The molecule has 1 rings (SSSR count). The van der Waals surface area contributed by atoms with Crippen LogP contribution >= 0.6 is 0 Å². The van der Waals surface area contributed by atoms with Gasteiger partial charge in [-0.15, -0.1) is 0 Å². The van der Waals surface area contributed by atoms with Crippen molar-refractivity contribution in [3.05, 3.63) is 35.4 Å². The Bertz CT molecular complexity index is 380. The van der Waals surface area contributed by atoms with Crippen molar-refractivity contribution in [3.63, 3.8) is 0 Å². The fourth-order valence-corrected chi connectivity index (χ4v) is 1.24. The molecule has 0 atom stereocenters. The molecule has 0 aliphatic carbocycles. The first-order chi connectivity index (χ1) is 7.86. The van der Waals surface area contributed by atoms with Gasteiger partial charge in [0.25, 0.3) is 0 Å². The molecular weight excluding hydrogens is 200 g/mol. The van der Waals surface area contributed by atoms with Crippen molar-refractivity contribution in [2.45, 2.75) is 32.8 Å². The van der Waals surface area contributed by atoms with Crippen LogP contribution in [0, 0.1) is 11.3 Å². The molecule has 0 heterocycles. The molecule has 0 bridgehead atoms. The summed E-state index contributed by atoms with van der Waals surface area (Å²) >= 11 is 0. The summed E-state index contributed by atoms with van der Waals surface area (Å²) in [5, 5.41) is 12.6. The fourth-order valence-electron chi connectivity index (χ4n) is 1.24. The van der Waals surface area contributed by atoms with E-state index in [-0.39, 0.29) is 0 Å². The first-order valence-electron chi connectivity index (χ1n) is 5.49. The molecule has 0 N–H and O–H groups in total. The second-order valence-electron chi connectivity index (χ2n) is 3.52. The second-order valence-corrected chi connectivity index (χ2v) is 3.52. The van der Waals surface area contributed by atoms with Gasteiger partial charge in [-0.3, -0.25) is 0 Å². The fraction of sp³-hybridized carbons (Fsp3) is 0.385. The monoisotopic (exact) mass is 216 g/mol. The largest absolute Gasteiger partial charge is 0.391 e. The van der Waals surface area contributed by atoms with Gasteiger partial charge < -0.3 is 4.84 Å². The number of hydrogen-bond donors (Lipinski definition) is 0. The molecule has 0 radical (unpaired) electrons. The maximum Gasteiger partial charge on any atom is 0.142 e. The van der Waals surface area contributed by atoms with Crippen molar-refractivity contribution in [1.29, 1.82) is 5.26 Å². The minimum Gasteiger partial charge on any atom is -0.391 e. The highest BCUT2D eigenvalue weighted by atomic mass is 16.6. The van der Waals surface area contributed by atoms with Crippen molar-refractivity contribution >= 4 is 6.21 Å². The summed E-state index contributed by atoms with van der Waals surface area (Å²) in [5.74, 6) is 0. The molecule has 0 saturated heterocycles. The smallest absolute Gasteiger partial charge is 0.142 e. The second kappa shape index (κ2) is 7.47. The minimum atomic E-state index is 0.415. The average molecular weight is 216 g/mol. The first-order valence-corrected chi connectivity index (χ1v) is 5.49. The van der Waals surface area contributed by atoms with Gasteiger partial charge in [0.05, 0.1) is 11.6 Å². The molecule has 0 aromatic heterocycles. The van der Waals surface area contributed by atoms with E-state index in [2.05, 4.69) is 18.1 Å². The molecule has 16 heavy (non-hydrogen) atoms. The van der Waals surface area contributed by atoms with Crippen LogP contribution in [0.4, 0.5) is 0 Å². The zero-order valence-electron chi connectivity index (χ0n) is 9.52. The van der Waals surface area contributed by atoms with E-state index in [9.17, 15) is 0 Å². The Balaban J connectivity index is 2.32. The van der Waals surface area contributed by atoms with Crippen molar-refractivity contribution in [2.75, 3.05) is 0 Å². The Hall–Kier alpha value is -1.82. The van der Waals surface area contributed by atoms with Gasteiger partial charge in [-0.05, 0) is 30.5 Å². The Kier molecular flexibility index (Phi) is 5.72. The lowest BCUT2D eigenvalue weighted by Crippen LogP contribution is -1.88. The van der Waals surface area contributed by atoms with E-state index < -0.39 is 0 Å². The molecule has 84 valence electrons. The van der Waals surface area contributed by atoms with Crippen LogP contribution in [0.5, 0.6) is 0 Å². The highest BCUT2D eigenvalue weighted by Crippen LogP contribution is 2.05. The van der Waals surface area contributed by atoms with E-state index in [4.69, 9.17) is 10.1 Å². The van der Waals surface area contributed by atoms with Crippen LogP contribution in [0.1, 0.15) is 37.3 Å². The van der Waals surface area contributed by atoms with E-state index in [1.54, 1.807) is 12.3 Å². The number of benzene rings is 1. The van der Waals surface area contributed by atoms with E-state index in [0.29, 0.717) is 12.2 Å². The third kappa shape index (κ3) is 4.61. The molecule has 1 aromatic rings.